The van der Waals surface area contributed by atoms with Gasteiger partial charge < -0.3 is 4.74 Å². The van der Waals surface area contributed by atoms with E-state index in [1.807, 2.05) is 0 Å². The standard InChI is InChI=1S/C8H6ClF2NO2/c1-14-5-2-4(3-13)12-7(6(5)9)8(10)11/h2-3,8H,1H3. The van der Waals surface area contributed by atoms with Crippen LogP contribution in [0.2, 0.25) is 5.02 Å². The van der Waals surface area contributed by atoms with Crippen LogP contribution in [0, 0.1) is 0 Å². The summed E-state index contributed by atoms with van der Waals surface area (Å²) in [4.78, 5) is 13.7. The lowest BCUT2D eigenvalue weighted by molar-refractivity contribution is 0.111. The first kappa shape index (κ1) is 10.8. The van der Waals surface area contributed by atoms with Gasteiger partial charge in [-0.15, -0.1) is 0 Å². The van der Waals surface area contributed by atoms with Crippen molar-refractivity contribution in [3.8, 4) is 5.75 Å². The van der Waals surface area contributed by atoms with E-state index in [0.29, 0.717) is 6.29 Å². The Morgan fingerprint density at radius 2 is 2.29 bits per heavy atom. The van der Waals surface area contributed by atoms with Crippen molar-refractivity contribution in [1.29, 1.82) is 0 Å². The molecule has 0 aliphatic heterocycles. The summed E-state index contributed by atoms with van der Waals surface area (Å²) in [6.07, 6.45) is -2.48. The first-order valence-electron chi connectivity index (χ1n) is 3.58. The second-order valence-corrected chi connectivity index (χ2v) is 2.75. The van der Waals surface area contributed by atoms with Crippen LogP contribution in [-0.2, 0) is 0 Å². The number of aldehydes is 1. The molecule has 0 aromatic carbocycles. The van der Waals surface area contributed by atoms with Crippen LogP contribution in [-0.4, -0.2) is 18.4 Å². The van der Waals surface area contributed by atoms with Gasteiger partial charge in [0, 0.05) is 6.07 Å². The highest BCUT2D eigenvalue weighted by Crippen LogP contribution is 2.32. The second-order valence-electron chi connectivity index (χ2n) is 2.37. The third-order valence-electron chi connectivity index (χ3n) is 1.52. The highest BCUT2D eigenvalue weighted by atomic mass is 35.5. The first-order valence-corrected chi connectivity index (χ1v) is 3.95. The molecule has 0 N–H and O–H groups in total. The zero-order valence-electron chi connectivity index (χ0n) is 7.13. The zero-order valence-corrected chi connectivity index (χ0v) is 7.89. The molecule has 0 amide bonds. The fraction of sp³-hybridized carbons (Fsp3) is 0.250. The van der Waals surface area contributed by atoms with Gasteiger partial charge in [-0.25, -0.2) is 13.8 Å². The average Bonchev–Trinajstić information content (AvgIpc) is 2.17. The number of aromatic nitrogens is 1. The van der Waals surface area contributed by atoms with Crippen molar-refractivity contribution in [3.05, 3.63) is 22.5 Å². The van der Waals surface area contributed by atoms with E-state index >= 15 is 0 Å². The molecular formula is C8H6ClF2NO2. The number of alkyl halides is 2. The predicted molar refractivity (Wildman–Crippen MR) is 46.1 cm³/mol. The topological polar surface area (TPSA) is 39.2 Å². The molecule has 3 nitrogen and oxygen atoms in total. The van der Waals surface area contributed by atoms with E-state index in [4.69, 9.17) is 16.3 Å². The minimum absolute atomic E-state index is 0.0130. The molecule has 1 rings (SSSR count). The van der Waals surface area contributed by atoms with E-state index in [9.17, 15) is 13.6 Å². The molecule has 0 saturated carbocycles. The molecule has 0 atom stereocenters. The number of nitrogens with zero attached hydrogens (tertiary/aromatic N) is 1. The van der Waals surface area contributed by atoms with Crippen molar-refractivity contribution in [2.24, 2.45) is 0 Å². The number of methoxy groups -OCH3 is 1. The van der Waals surface area contributed by atoms with E-state index in [1.54, 1.807) is 0 Å². The molecule has 0 spiro atoms. The van der Waals surface area contributed by atoms with Crippen LogP contribution in [0.4, 0.5) is 8.78 Å². The van der Waals surface area contributed by atoms with Gasteiger partial charge in [0.2, 0.25) is 0 Å². The molecule has 0 unspecified atom stereocenters. The molecule has 1 aromatic heterocycles. The molecule has 0 saturated heterocycles. The second kappa shape index (κ2) is 4.32. The SMILES string of the molecule is COc1cc(C=O)nc(C(F)F)c1Cl. The fourth-order valence-electron chi connectivity index (χ4n) is 0.898. The van der Waals surface area contributed by atoms with E-state index < -0.39 is 12.1 Å². The third-order valence-corrected chi connectivity index (χ3v) is 1.90. The van der Waals surface area contributed by atoms with Crippen LogP contribution in [0.25, 0.3) is 0 Å². The van der Waals surface area contributed by atoms with Gasteiger partial charge >= 0.3 is 0 Å². The predicted octanol–water partition coefficient (Wildman–Crippen LogP) is 2.49. The lowest BCUT2D eigenvalue weighted by Gasteiger charge is -2.07. The summed E-state index contributed by atoms with van der Waals surface area (Å²) in [6, 6.07) is 1.20. The van der Waals surface area contributed by atoms with Crippen LogP contribution in [0.5, 0.6) is 5.75 Å². The van der Waals surface area contributed by atoms with Crippen LogP contribution >= 0.6 is 11.6 Å². The third kappa shape index (κ3) is 1.98. The van der Waals surface area contributed by atoms with E-state index in [-0.39, 0.29) is 16.5 Å². The quantitative estimate of drug-likeness (QED) is 0.736. The summed E-state index contributed by atoms with van der Waals surface area (Å²) in [6.45, 7) is 0. The molecule has 0 aliphatic carbocycles. The van der Waals surface area contributed by atoms with Crippen molar-refractivity contribution in [2.45, 2.75) is 6.43 Å². The summed E-state index contributed by atoms with van der Waals surface area (Å²) in [5, 5.41) is -0.270. The maximum absolute atomic E-state index is 12.3. The first-order chi connectivity index (χ1) is 6.60. The Morgan fingerprint density at radius 3 is 2.71 bits per heavy atom. The summed E-state index contributed by atoms with van der Waals surface area (Å²) in [7, 11) is 1.27. The molecule has 1 aromatic rings. The number of carbonyl (C=O) groups is 1. The van der Waals surface area contributed by atoms with Gasteiger partial charge in [-0.3, -0.25) is 4.79 Å². The van der Waals surface area contributed by atoms with Gasteiger partial charge in [-0.2, -0.15) is 0 Å². The lowest BCUT2D eigenvalue weighted by Crippen LogP contribution is -1.99. The summed E-state index contributed by atoms with van der Waals surface area (Å²) in [5.74, 6) is 0.0130. The Bertz CT molecular complexity index is 357. The average molecular weight is 222 g/mol. The van der Waals surface area contributed by atoms with E-state index in [0.717, 1.165) is 0 Å². The molecule has 0 fully saturated rings. The Kier molecular flexibility index (Phi) is 3.35. The maximum Gasteiger partial charge on any atom is 0.282 e. The molecular weight excluding hydrogens is 216 g/mol. The fourth-order valence-corrected chi connectivity index (χ4v) is 1.15. The van der Waals surface area contributed by atoms with Crippen molar-refractivity contribution >= 4 is 17.9 Å². The minimum atomic E-state index is -2.84. The monoisotopic (exact) mass is 221 g/mol. The molecule has 0 bridgehead atoms. The summed E-state index contributed by atoms with van der Waals surface area (Å²) < 4.78 is 29.4. The van der Waals surface area contributed by atoms with Gasteiger partial charge in [-0.1, -0.05) is 11.6 Å². The number of hydrogen-bond donors (Lipinski definition) is 0. The number of halogens is 3. The largest absolute Gasteiger partial charge is 0.495 e. The summed E-state index contributed by atoms with van der Waals surface area (Å²) in [5.41, 5.74) is -0.783. The number of carbonyl (C=O) groups excluding carboxylic acids is 1. The normalized spacial score (nSPS) is 10.4. The highest BCUT2D eigenvalue weighted by molar-refractivity contribution is 6.32. The number of rotatable bonds is 3. The maximum atomic E-state index is 12.3. The Hall–Kier alpha value is -1.23. The van der Waals surface area contributed by atoms with Crippen molar-refractivity contribution in [2.75, 3.05) is 7.11 Å². The van der Waals surface area contributed by atoms with Crippen molar-refractivity contribution in [1.82, 2.24) is 4.98 Å². The van der Waals surface area contributed by atoms with Crippen LogP contribution in [0.3, 0.4) is 0 Å². The van der Waals surface area contributed by atoms with Gasteiger partial charge in [0.1, 0.15) is 22.2 Å². The molecule has 0 radical (unpaired) electrons. The van der Waals surface area contributed by atoms with Gasteiger partial charge in [-0.05, 0) is 0 Å². The Morgan fingerprint density at radius 1 is 1.64 bits per heavy atom. The zero-order chi connectivity index (χ0) is 10.7. The van der Waals surface area contributed by atoms with Gasteiger partial charge in [0.25, 0.3) is 6.43 Å². The number of ether oxygens (including phenoxy) is 1. The van der Waals surface area contributed by atoms with Gasteiger partial charge in [0.15, 0.2) is 6.29 Å². The highest BCUT2D eigenvalue weighted by Gasteiger charge is 2.18. The Labute approximate surface area is 83.7 Å². The van der Waals surface area contributed by atoms with Crippen LogP contribution in [0.1, 0.15) is 22.6 Å². The molecule has 6 heteroatoms. The van der Waals surface area contributed by atoms with Crippen molar-refractivity contribution < 1.29 is 18.3 Å². The molecule has 76 valence electrons. The molecule has 1 heterocycles. The van der Waals surface area contributed by atoms with Crippen molar-refractivity contribution in [3.63, 3.8) is 0 Å². The smallest absolute Gasteiger partial charge is 0.282 e. The molecule has 14 heavy (non-hydrogen) atoms. The minimum Gasteiger partial charge on any atom is -0.495 e. The van der Waals surface area contributed by atoms with E-state index in [1.165, 1.54) is 13.2 Å². The lowest BCUT2D eigenvalue weighted by atomic mass is 10.3. The van der Waals surface area contributed by atoms with Crippen LogP contribution < -0.4 is 4.74 Å². The number of hydrogen-bond acceptors (Lipinski definition) is 3. The van der Waals surface area contributed by atoms with Crippen LogP contribution in [0.15, 0.2) is 6.07 Å². The molecule has 0 aliphatic rings. The Balaban J connectivity index is 3.34. The number of pyridine rings is 1. The summed E-state index contributed by atoms with van der Waals surface area (Å²) >= 11 is 5.55. The van der Waals surface area contributed by atoms with E-state index in [2.05, 4.69) is 4.98 Å². The van der Waals surface area contributed by atoms with Gasteiger partial charge in [0.05, 0.1) is 7.11 Å².